The lowest BCUT2D eigenvalue weighted by Gasteiger charge is -2.22. The normalized spacial score (nSPS) is 14.3. The van der Waals surface area contributed by atoms with Gasteiger partial charge in [-0.1, -0.05) is 36.4 Å². The van der Waals surface area contributed by atoms with Crippen molar-refractivity contribution in [1.82, 2.24) is 10.6 Å². The quantitative estimate of drug-likeness (QED) is 0.483. The summed E-state index contributed by atoms with van der Waals surface area (Å²) >= 11 is 0. The van der Waals surface area contributed by atoms with Crippen molar-refractivity contribution in [1.29, 1.82) is 0 Å². The van der Waals surface area contributed by atoms with Gasteiger partial charge >= 0.3 is 0 Å². The zero-order chi connectivity index (χ0) is 12.8. The highest BCUT2D eigenvalue weighted by Gasteiger charge is 2.17. The van der Waals surface area contributed by atoms with Crippen molar-refractivity contribution < 1.29 is 4.79 Å². The van der Waals surface area contributed by atoms with Crippen LogP contribution in [-0.2, 0) is 0 Å². The Bertz CT molecular complexity index is 455. The Morgan fingerprint density at radius 1 is 1.22 bits per heavy atom. The third-order valence-electron chi connectivity index (χ3n) is 2.92. The molecule has 2 rings (SSSR count). The van der Waals surface area contributed by atoms with Crippen molar-refractivity contribution >= 4 is 5.78 Å². The molecule has 0 radical (unpaired) electrons. The second kappa shape index (κ2) is 6.05. The summed E-state index contributed by atoms with van der Waals surface area (Å²) in [5.41, 5.74) is 1.48. The van der Waals surface area contributed by atoms with E-state index in [0.29, 0.717) is 6.42 Å². The summed E-state index contributed by atoms with van der Waals surface area (Å²) in [7, 11) is 0. The van der Waals surface area contributed by atoms with E-state index in [0.717, 1.165) is 36.5 Å². The maximum absolute atomic E-state index is 12.4. The van der Waals surface area contributed by atoms with Gasteiger partial charge in [0.1, 0.15) is 5.82 Å². The Labute approximate surface area is 108 Å². The van der Waals surface area contributed by atoms with Crippen molar-refractivity contribution in [2.75, 3.05) is 13.1 Å². The molecule has 1 aromatic rings. The van der Waals surface area contributed by atoms with Gasteiger partial charge < -0.3 is 10.6 Å². The van der Waals surface area contributed by atoms with E-state index in [9.17, 15) is 4.79 Å². The summed E-state index contributed by atoms with van der Waals surface area (Å²) in [4.78, 5) is 12.4. The molecule has 2 N–H and O–H groups in total. The van der Waals surface area contributed by atoms with E-state index in [1.54, 1.807) is 6.08 Å². The Kier molecular flexibility index (Phi) is 4.18. The number of carbonyl (C=O) groups excluding carboxylic acids is 1. The molecular weight excluding hydrogens is 224 g/mol. The van der Waals surface area contributed by atoms with Gasteiger partial charge in [-0.05, 0) is 12.8 Å². The summed E-state index contributed by atoms with van der Waals surface area (Å²) in [5.74, 6) is 0.919. The number of nitrogens with one attached hydrogen (secondary N) is 2. The molecule has 0 atom stereocenters. The van der Waals surface area contributed by atoms with E-state index in [2.05, 4.69) is 17.2 Å². The van der Waals surface area contributed by atoms with Gasteiger partial charge in [0.15, 0.2) is 5.78 Å². The highest BCUT2D eigenvalue weighted by atomic mass is 16.1. The highest BCUT2D eigenvalue weighted by molar-refractivity contribution is 6.09. The molecule has 1 aliphatic rings. The molecule has 0 aromatic heterocycles. The number of rotatable bonds is 4. The minimum atomic E-state index is 0.0624. The monoisotopic (exact) mass is 242 g/mol. The van der Waals surface area contributed by atoms with Gasteiger partial charge in [-0.15, -0.1) is 6.58 Å². The molecule has 1 fully saturated rings. The van der Waals surface area contributed by atoms with Crippen LogP contribution in [0.3, 0.4) is 0 Å². The summed E-state index contributed by atoms with van der Waals surface area (Å²) in [6.07, 6.45) is 3.41. The topological polar surface area (TPSA) is 41.1 Å². The fraction of sp³-hybridized carbons (Fsp3) is 0.267. The second-order valence-electron chi connectivity index (χ2n) is 4.25. The molecule has 1 heterocycles. The lowest BCUT2D eigenvalue weighted by Crippen LogP contribution is -2.37. The molecular formula is C15H18N2O. The zero-order valence-corrected chi connectivity index (χ0v) is 10.4. The van der Waals surface area contributed by atoms with Crippen LogP contribution >= 0.6 is 0 Å². The average Bonchev–Trinajstić information content (AvgIpc) is 2.46. The van der Waals surface area contributed by atoms with Crippen LogP contribution in [0.1, 0.15) is 23.2 Å². The molecule has 0 spiro atoms. The Morgan fingerprint density at radius 3 is 2.50 bits per heavy atom. The summed E-state index contributed by atoms with van der Waals surface area (Å²) in [5, 5.41) is 6.51. The predicted molar refractivity (Wildman–Crippen MR) is 73.2 cm³/mol. The fourth-order valence-electron chi connectivity index (χ4n) is 2.01. The van der Waals surface area contributed by atoms with Gasteiger partial charge in [0, 0.05) is 24.2 Å². The van der Waals surface area contributed by atoms with Crippen molar-refractivity contribution in [2.45, 2.75) is 12.8 Å². The number of benzene rings is 1. The average molecular weight is 242 g/mol. The first kappa shape index (κ1) is 12.4. The van der Waals surface area contributed by atoms with Crippen LogP contribution in [0, 0.1) is 0 Å². The van der Waals surface area contributed by atoms with E-state index in [1.807, 2.05) is 30.3 Å². The Balaban J connectivity index is 2.30. The van der Waals surface area contributed by atoms with Gasteiger partial charge in [0.25, 0.3) is 0 Å². The Hall–Kier alpha value is -2.03. The maximum atomic E-state index is 12.4. The number of ketones is 1. The first-order valence-electron chi connectivity index (χ1n) is 6.24. The second-order valence-corrected chi connectivity index (χ2v) is 4.25. The number of carbonyl (C=O) groups is 1. The van der Waals surface area contributed by atoms with Crippen LogP contribution in [-0.4, -0.2) is 18.9 Å². The molecule has 1 aromatic carbocycles. The molecule has 1 saturated heterocycles. The summed E-state index contributed by atoms with van der Waals surface area (Å²) in [6.45, 7) is 5.55. The molecule has 0 saturated carbocycles. The van der Waals surface area contributed by atoms with Crippen LogP contribution in [0.25, 0.3) is 0 Å². The van der Waals surface area contributed by atoms with Gasteiger partial charge in [0.05, 0.1) is 0 Å². The van der Waals surface area contributed by atoms with E-state index >= 15 is 0 Å². The van der Waals surface area contributed by atoms with Crippen LogP contribution in [0.5, 0.6) is 0 Å². The third kappa shape index (κ3) is 2.80. The molecule has 94 valence electrons. The standard InChI is InChI=1S/C15H18N2O/c1-2-7-13(15-16-10-6-11-17-15)14(18)12-8-4-3-5-9-12/h2-5,8-9,16-17H,1,6-7,10-11H2. The fourth-order valence-corrected chi connectivity index (χ4v) is 2.01. The van der Waals surface area contributed by atoms with Crippen molar-refractivity contribution in [2.24, 2.45) is 0 Å². The zero-order valence-electron chi connectivity index (χ0n) is 10.4. The molecule has 0 aliphatic carbocycles. The SMILES string of the molecule is C=CCC(C(=O)c1ccccc1)=C1NCCCN1. The molecule has 1 aliphatic heterocycles. The molecule has 0 amide bonds. The number of Topliss-reactive ketones (excluding diaryl/α,β-unsaturated/α-hetero) is 1. The predicted octanol–water partition coefficient (Wildman–Crippen LogP) is 2.24. The van der Waals surface area contributed by atoms with E-state index in [4.69, 9.17) is 0 Å². The number of hydrogen-bond acceptors (Lipinski definition) is 3. The Morgan fingerprint density at radius 2 is 1.89 bits per heavy atom. The largest absolute Gasteiger partial charge is 0.371 e. The van der Waals surface area contributed by atoms with Gasteiger partial charge in [0.2, 0.25) is 0 Å². The van der Waals surface area contributed by atoms with Crippen molar-refractivity contribution in [3.05, 3.63) is 59.9 Å². The minimum Gasteiger partial charge on any atom is -0.371 e. The maximum Gasteiger partial charge on any atom is 0.192 e. The van der Waals surface area contributed by atoms with Crippen molar-refractivity contribution in [3.8, 4) is 0 Å². The van der Waals surface area contributed by atoms with E-state index in [1.165, 1.54) is 0 Å². The van der Waals surface area contributed by atoms with Crippen LogP contribution in [0.2, 0.25) is 0 Å². The smallest absolute Gasteiger partial charge is 0.192 e. The number of allylic oxidation sites excluding steroid dienone is 2. The van der Waals surface area contributed by atoms with Crippen LogP contribution < -0.4 is 10.6 Å². The lowest BCUT2D eigenvalue weighted by molar-refractivity contribution is 0.102. The third-order valence-corrected chi connectivity index (χ3v) is 2.92. The highest BCUT2D eigenvalue weighted by Crippen LogP contribution is 2.15. The summed E-state index contributed by atoms with van der Waals surface area (Å²) < 4.78 is 0. The molecule has 18 heavy (non-hydrogen) atoms. The minimum absolute atomic E-state index is 0.0624. The lowest BCUT2D eigenvalue weighted by atomic mass is 10.00. The molecule has 3 heteroatoms. The van der Waals surface area contributed by atoms with Gasteiger partial charge in [-0.25, -0.2) is 0 Å². The van der Waals surface area contributed by atoms with Crippen LogP contribution in [0.15, 0.2) is 54.4 Å². The van der Waals surface area contributed by atoms with Gasteiger partial charge in [-0.3, -0.25) is 4.79 Å². The van der Waals surface area contributed by atoms with Crippen molar-refractivity contribution in [3.63, 3.8) is 0 Å². The van der Waals surface area contributed by atoms with E-state index in [-0.39, 0.29) is 5.78 Å². The molecule has 0 unspecified atom stereocenters. The molecule has 0 bridgehead atoms. The molecule has 3 nitrogen and oxygen atoms in total. The first-order chi connectivity index (χ1) is 8.83. The number of hydrogen-bond donors (Lipinski definition) is 2. The van der Waals surface area contributed by atoms with E-state index < -0.39 is 0 Å². The van der Waals surface area contributed by atoms with Gasteiger partial charge in [-0.2, -0.15) is 0 Å². The van der Waals surface area contributed by atoms with Crippen LogP contribution in [0.4, 0.5) is 0 Å². The summed E-state index contributed by atoms with van der Waals surface area (Å²) in [6, 6.07) is 9.36. The first-order valence-corrected chi connectivity index (χ1v) is 6.24.